The Morgan fingerprint density at radius 2 is 2.13 bits per heavy atom. The van der Waals surface area contributed by atoms with E-state index in [0.29, 0.717) is 6.04 Å². The van der Waals surface area contributed by atoms with Gasteiger partial charge in [0.15, 0.2) is 0 Å². The maximum absolute atomic E-state index is 12.1. The molecule has 88 valence electrons. The van der Waals surface area contributed by atoms with E-state index in [9.17, 15) is 4.79 Å². The Bertz CT molecular complexity index is 231. The Balaban J connectivity index is 2.59. The number of hydrogen-bond acceptors (Lipinski definition) is 3. The van der Waals surface area contributed by atoms with Crippen LogP contribution in [0.4, 0.5) is 0 Å². The molecule has 0 aromatic heterocycles. The first-order chi connectivity index (χ1) is 6.84. The van der Waals surface area contributed by atoms with Gasteiger partial charge >= 0.3 is 0 Å². The van der Waals surface area contributed by atoms with Crippen LogP contribution in [0.15, 0.2) is 0 Å². The summed E-state index contributed by atoms with van der Waals surface area (Å²) in [5.74, 6) is 2.29. The highest BCUT2D eigenvalue weighted by Gasteiger charge is 2.33. The maximum atomic E-state index is 12.1. The van der Waals surface area contributed by atoms with Crippen molar-refractivity contribution in [2.45, 2.75) is 39.3 Å². The molecule has 1 aliphatic rings. The zero-order chi connectivity index (χ0) is 11.6. The van der Waals surface area contributed by atoms with Crippen LogP contribution in [0.3, 0.4) is 0 Å². The van der Waals surface area contributed by atoms with Crippen LogP contribution in [0.2, 0.25) is 0 Å². The third-order valence-electron chi connectivity index (χ3n) is 3.00. The highest BCUT2D eigenvalue weighted by Crippen LogP contribution is 2.24. The molecule has 1 rings (SSSR count). The Labute approximate surface area is 96.8 Å². The second-order valence-electron chi connectivity index (χ2n) is 5.31. The lowest BCUT2D eigenvalue weighted by Gasteiger charge is -2.32. The molecule has 1 fully saturated rings. The van der Waals surface area contributed by atoms with E-state index in [1.165, 1.54) is 0 Å². The van der Waals surface area contributed by atoms with Crippen LogP contribution in [0.5, 0.6) is 0 Å². The second kappa shape index (κ2) is 4.74. The molecular formula is C11H22N2OS. The van der Waals surface area contributed by atoms with Crippen molar-refractivity contribution in [3.8, 4) is 0 Å². The van der Waals surface area contributed by atoms with E-state index in [0.717, 1.165) is 17.9 Å². The number of nitrogens with zero attached hydrogens (tertiary/aromatic N) is 1. The molecule has 1 amide bonds. The Hall–Kier alpha value is -0.220. The summed E-state index contributed by atoms with van der Waals surface area (Å²) in [5.41, 5.74) is 5.81. The number of amides is 1. The minimum Gasteiger partial charge on any atom is -0.341 e. The third-order valence-corrected chi connectivity index (χ3v) is 4.14. The molecule has 1 aliphatic heterocycles. The smallest absolute Gasteiger partial charge is 0.240 e. The first-order valence-electron chi connectivity index (χ1n) is 5.44. The second-order valence-corrected chi connectivity index (χ2v) is 6.46. The fraction of sp³-hybridized carbons (Fsp3) is 0.909. The van der Waals surface area contributed by atoms with Crippen molar-refractivity contribution in [1.82, 2.24) is 4.90 Å². The van der Waals surface area contributed by atoms with Crippen LogP contribution in [-0.4, -0.2) is 41.4 Å². The summed E-state index contributed by atoms with van der Waals surface area (Å²) in [5, 5.41) is 0. The van der Waals surface area contributed by atoms with E-state index in [1.54, 1.807) is 0 Å². The predicted molar refractivity (Wildman–Crippen MR) is 65.9 cm³/mol. The number of hydrogen-bond donors (Lipinski definition) is 1. The van der Waals surface area contributed by atoms with E-state index < -0.39 is 6.04 Å². The lowest BCUT2D eigenvalue weighted by atomic mass is 9.86. The molecule has 0 aromatic rings. The molecule has 4 heteroatoms. The van der Waals surface area contributed by atoms with Gasteiger partial charge in [0, 0.05) is 18.8 Å². The Morgan fingerprint density at radius 1 is 1.53 bits per heavy atom. The number of carbonyl (C=O) groups excluding carboxylic acids is 1. The number of thioether (sulfide) groups is 1. The standard InChI is InChI=1S/C11H22N2OS/c1-11(2,3)9(12)10(14)13(4)8-5-6-15-7-8/h8-9H,5-7,12H2,1-4H3/t8?,9-/m0/s1. The predicted octanol–water partition coefficient (Wildman–Crippen LogP) is 1.32. The number of likely N-dealkylation sites (N-methyl/N-ethyl adjacent to an activating group) is 1. The van der Waals surface area contributed by atoms with Crippen molar-refractivity contribution < 1.29 is 4.79 Å². The van der Waals surface area contributed by atoms with E-state index in [-0.39, 0.29) is 11.3 Å². The van der Waals surface area contributed by atoms with Crippen molar-refractivity contribution in [3.05, 3.63) is 0 Å². The highest BCUT2D eigenvalue weighted by atomic mass is 32.2. The highest BCUT2D eigenvalue weighted by molar-refractivity contribution is 7.99. The SMILES string of the molecule is CN(C(=O)[C@H](N)C(C)(C)C)C1CCSC1. The van der Waals surface area contributed by atoms with E-state index in [1.807, 2.05) is 44.5 Å². The summed E-state index contributed by atoms with van der Waals surface area (Å²) in [4.78, 5) is 13.9. The monoisotopic (exact) mass is 230 g/mol. The van der Waals surface area contributed by atoms with Gasteiger partial charge in [-0.2, -0.15) is 11.8 Å². The molecular weight excluding hydrogens is 208 g/mol. The topological polar surface area (TPSA) is 46.3 Å². The van der Waals surface area contributed by atoms with Gasteiger partial charge in [-0.25, -0.2) is 0 Å². The summed E-state index contributed by atoms with van der Waals surface area (Å²) in [6, 6.07) is -0.0102. The number of rotatable bonds is 2. The summed E-state index contributed by atoms with van der Waals surface area (Å²) >= 11 is 1.91. The largest absolute Gasteiger partial charge is 0.341 e. The summed E-state index contributed by atoms with van der Waals surface area (Å²) in [6.45, 7) is 6.02. The van der Waals surface area contributed by atoms with Gasteiger partial charge in [-0.05, 0) is 17.6 Å². The van der Waals surface area contributed by atoms with Crippen molar-refractivity contribution in [2.24, 2.45) is 11.1 Å². The van der Waals surface area contributed by atoms with Gasteiger partial charge in [-0.3, -0.25) is 4.79 Å². The minimum atomic E-state index is -0.395. The molecule has 3 nitrogen and oxygen atoms in total. The van der Waals surface area contributed by atoms with Crippen LogP contribution in [0.25, 0.3) is 0 Å². The van der Waals surface area contributed by atoms with Crippen molar-refractivity contribution in [1.29, 1.82) is 0 Å². The van der Waals surface area contributed by atoms with E-state index >= 15 is 0 Å². The third kappa shape index (κ3) is 3.11. The van der Waals surface area contributed by atoms with Crippen LogP contribution < -0.4 is 5.73 Å². The average molecular weight is 230 g/mol. The van der Waals surface area contributed by atoms with Gasteiger partial charge in [-0.1, -0.05) is 20.8 Å². The molecule has 0 bridgehead atoms. The maximum Gasteiger partial charge on any atom is 0.240 e. The van der Waals surface area contributed by atoms with Gasteiger partial charge in [0.05, 0.1) is 6.04 Å². The van der Waals surface area contributed by atoms with E-state index in [4.69, 9.17) is 5.73 Å². The molecule has 2 N–H and O–H groups in total. The molecule has 0 radical (unpaired) electrons. The molecule has 15 heavy (non-hydrogen) atoms. The minimum absolute atomic E-state index is 0.0787. The van der Waals surface area contributed by atoms with Crippen LogP contribution in [0.1, 0.15) is 27.2 Å². The molecule has 0 spiro atoms. The average Bonchev–Trinajstić information content (AvgIpc) is 2.65. The first kappa shape index (κ1) is 12.8. The number of carbonyl (C=O) groups is 1. The normalized spacial score (nSPS) is 23.9. The molecule has 1 saturated heterocycles. The fourth-order valence-corrected chi connectivity index (χ4v) is 2.87. The lowest BCUT2D eigenvalue weighted by molar-refractivity contribution is -0.135. The number of nitrogens with two attached hydrogens (primary N) is 1. The van der Waals surface area contributed by atoms with Crippen LogP contribution in [-0.2, 0) is 4.79 Å². The first-order valence-corrected chi connectivity index (χ1v) is 6.59. The zero-order valence-corrected chi connectivity index (χ0v) is 10.9. The zero-order valence-electron chi connectivity index (χ0n) is 10.1. The van der Waals surface area contributed by atoms with Crippen LogP contribution >= 0.6 is 11.8 Å². The Kier molecular flexibility index (Phi) is 4.06. The molecule has 1 heterocycles. The molecule has 0 aromatic carbocycles. The molecule has 2 atom stereocenters. The summed E-state index contributed by atoms with van der Waals surface area (Å²) < 4.78 is 0. The van der Waals surface area contributed by atoms with Crippen LogP contribution in [0, 0.1) is 5.41 Å². The molecule has 0 aliphatic carbocycles. The summed E-state index contributed by atoms with van der Waals surface area (Å²) in [7, 11) is 1.88. The Morgan fingerprint density at radius 3 is 2.53 bits per heavy atom. The summed E-state index contributed by atoms with van der Waals surface area (Å²) in [6.07, 6.45) is 1.10. The lowest BCUT2D eigenvalue weighted by Crippen LogP contribution is -2.52. The van der Waals surface area contributed by atoms with Crippen molar-refractivity contribution in [2.75, 3.05) is 18.6 Å². The molecule has 1 unspecified atom stereocenters. The van der Waals surface area contributed by atoms with E-state index in [2.05, 4.69) is 0 Å². The fourth-order valence-electron chi connectivity index (χ4n) is 1.60. The van der Waals surface area contributed by atoms with Gasteiger partial charge in [0.2, 0.25) is 5.91 Å². The van der Waals surface area contributed by atoms with Gasteiger partial charge in [0.25, 0.3) is 0 Å². The van der Waals surface area contributed by atoms with Crippen molar-refractivity contribution in [3.63, 3.8) is 0 Å². The molecule has 0 saturated carbocycles. The van der Waals surface area contributed by atoms with Crippen molar-refractivity contribution >= 4 is 17.7 Å². The quantitative estimate of drug-likeness (QED) is 0.778. The van der Waals surface area contributed by atoms with Gasteiger partial charge in [-0.15, -0.1) is 0 Å². The van der Waals surface area contributed by atoms with Gasteiger partial charge in [0.1, 0.15) is 0 Å². The van der Waals surface area contributed by atoms with Gasteiger partial charge < -0.3 is 10.6 Å².